The molecule has 0 unspecified atom stereocenters. The smallest absolute Gasteiger partial charge is 0.346 e. The van der Waals surface area contributed by atoms with Crippen molar-refractivity contribution >= 4 is 17.2 Å². The van der Waals surface area contributed by atoms with Gasteiger partial charge in [-0.25, -0.2) is 9.48 Å². The minimum atomic E-state index is -0.313. The van der Waals surface area contributed by atoms with E-state index in [9.17, 15) is 9.59 Å². The SMILES string of the molecule is COc1cc(C(=O)NCCn2nc(-c3cccs3)n(C3CC3)c2=O)cc(OC)c1OC. The third-order valence-corrected chi connectivity index (χ3v) is 5.93. The summed E-state index contributed by atoms with van der Waals surface area (Å²) in [5.41, 5.74) is 0.220. The molecule has 1 amide bonds. The first kappa shape index (κ1) is 21.0. The summed E-state index contributed by atoms with van der Waals surface area (Å²) in [6, 6.07) is 7.28. The van der Waals surface area contributed by atoms with Crippen LogP contribution in [0.5, 0.6) is 17.2 Å². The first-order valence-corrected chi connectivity index (χ1v) is 10.8. The monoisotopic (exact) mass is 444 g/mol. The van der Waals surface area contributed by atoms with Gasteiger partial charge in [0.1, 0.15) is 0 Å². The largest absolute Gasteiger partial charge is 0.493 e. The van der Waals surface area contributed by atoms with Crippen LogP contribution in [0.2, 0.25) is 0 Å². The topological polar surface area (TPSA) is 96.6 Å². The Bertz CT molecular complexity index is 1110. The van der Waals surface area contributed by atoms with Crippen molar-refractivity contribution in [3.63, 3.8) is 0 Å². The molecule has 2 heterocycles. The number of amides is 1. The number of benzene rings is 1. The molecule has 1 fully saturated rings. The summed E-state index contributed by atoms with van der Waals surface area (Å²) < 4.78 is 19.1. The lowest BCUT2D eigenvalue weighted by atomic mass is 10.1. The number of ether oxygens (including phenoxy) is 3. The summed E-state index contributed by atoms with van der Waals surface area (Å²) in [6.07, 6.45) is 1.98. The minimum absolute atomic E-state index is 0.145. The van der Waals surface area contributed by atoms with Crippen LogP contribution in [0.1, 0.15) is 29.2 Å². The fraction of sp³-hybridized carbons (Fsp3) is 0.381. The second-order valence-electron chi connectivity index (χ2n) is 7.08. The van der Waals surface area contributed by atoms with E-state index < -0.39 is 0 Å². The zero-order chi connectivity index (χ0) is 22.0. The number of methoxy groups -OCH3 is 3. The van der Waals surface area contributed by atoms with Crippen molar-refractivity contribution in [2.24, 2.45) is 0 Å². The van der Waals surface area contributed by atoms with E-state index in [0.29, 0.717) is 28.6 Å². The van der Waals surface area contributed by atoms with Crippen LogP contribution < -0.4 is 25.2 Å². The molecule has 9 nitrogen and oxygen atoms in total. The standard InChI is InChI=1S/C21H24N4O5S/c1-28-15-11-13(12-16(29-2)18(15)30-3)20(26)22-8-9-24-21(27)25(14-6-7-14)19(23-24)17-5-4-10-31-17/h4-5,10-12,14H,6-9H2,1-3H3,(H,22,26). The van der Waals surface area contributed by atoms with Gasteiger partial charge in [0.05, 0.1) is 32.8 Å². The molecule has 4 rings (SSSR count). The highest BCUT2D eigenvalue weighted by molar-refractivity contribution is 7.13. The molecule has 2 aromatic heterocycles. The van der Waals surface area contributed by atoms with Crippen molar-refractivity contribution in [3.05, 3.63) is 45.7 Å². The molecular weight excluding hydrogens is 420 g/mol. The highest BCUT2D eigenvalue weighted by Crippen LogP contribution is 2.38. The zero-order valence-electron chi connectivity index (χ0n) is 17.6. The number of hydrogen-bond donors (Lipinski definition) is 1. The molecule has 0 spiro atoms. The van der Waals surface area contributed by atoms with E-state index in [1.54, 1.807) is 28.0 Å². The van der Waals surface area contributed by atoms with E-state index in [4.69, 9.17) is 14.2 Å². The van der Waals surface area contributed by atoms with Gasteiger partial charge in [0, 0.05) is 18.2 Å². The molecule has 164 valence electrons. The van der Waals surface area contributed by atoms with E-state index in [2.05, 4.69) is 10.4 Å². The van der Waals surface area contributed by atoms with E-state index in [-0.39, 0.29) is 30.7 Å². The van der Waals surface area contributed by atoms with Gasteiger partial charge in [-0.05, 0) is 36.4 Å². The van der Waals surface area contributed by atoms with Crippen molar-refractivity contribution in [1.82, 2.24) is 19.7 Å². The molecule has 0 aliphatic heterocycles. The van der Waals surface area contributed by atoms with Crippen LogP contribution in [0.3, 0.4) is 0 Å². The molecule has 1 aromatic carbocycles. The maximum absolute atomic E-state index is 12.9. The highest BCUT2D eigenvalue weighted by Gasteiger charge is 2.30. The van der Waals surface area contributed by atoms with Crippen molar-refractivity contribution in [2.75, 3.05) is 27.9 Å². The summed E-state index contributed by atoms with van der Waals surface area (Å²) in [6.45, 7) is 0.522. The molecule has 1 saturated carbocycles. The Morgan fingerprint density at radius 1 is 1.19 bits per heavy atom. The van der Waals surface area contributed by atoms with Crippen molar-refractivity contribution in [2.45, 2.75) is 25.4 Å². The summed E-state index contributed by atoms with van der Waals surface area (Å²) in [5, 5.41) is 9.32. The van der Waals surface area contributed by atoms with Crippen molar-refractivity contribution in [3.8, 4) is 28.0 Å². The highest BCUT2D eigenvalue weighted by atomic mass is 32.1. The number of carbonyl (C=O) groups is 1. The number of nitrogens with one attached hydrogen (secondary N) is 1. The fourth-order valence-corrected chi connectivity index (χ4v) is 4.10. The Labute approximate surface area is 183 Å². The number of carbonyl (C=O) groups excluding carboxylic acids is 1. The number of aromatic nitrogens is 3. The van der Waals surface area contributed by atoms with Crippen LogP contribution in [0, 0.1) is 0 Å². The minimum Gasteiger partial charge on any atom is -0.493 e. The predicted molar refractivity (Wildman–Crippen MR) is 117 cm³/mol. The summed E-state index contributed by atoms with van der Waals surface area (Å²) in [7, 11) is 4.49. The lowest BCUT2D eigenvalue weighted by Crippen LogP contribution is -2.32. The quantitative estimate of drug-likeness (QED) is 0.545. The Morgan fingerprint density at radius 2 is 1.90 bits per heavy atom. The molecular formula is C21H24N4O5S. The molecule has 0 radical (unpaired) electrons. The first-order valence-electron chi connectivity index (χ1n) is 9.88. The second-order valence-corrected chi connectivity index (χ2v) is 8.03. The molecule has 10 heteroatoms. The van der Waals surface area contributed by atoms with Gasteiger partial charge in [-0.15, -0.1) is 16.4 Å². The van der Waals surface area contributed by atoms with Crippen LogP contribution in [-0.4, -0.2) is 48.1 Å². The lowest BCUT2D eigenvalue weighted by Gasteiger charge is -2.14. The predicted octanol–water partition coefficient (Wildman–Crippen LogP) is 2.56. The molecule has 1 aliphatic rings. The van der Waals surface area contributed by atoms with Crippen LogP contribution in [-0.2, 0) is 6.54 Å². The molecule has 0 saturated heterocycles. The van der Waals surface area contributed by atoms with Crippen LogP contribution >= 0.6 is 11.3 Å². The number of nitrogens with zero attached hydrogens (tertiary/aromatic N) is 3. The zero-order valence-corrected chi connectivity index (χ0v) is 18.4. The maximum Gasteiger partial charge on any atom is 0.346 e. The average Bonchev–Trinajstić information content (AvgIpc) is 3.36. The Morgan fingerprint density at radius 3 is 2.45 bits per heavy atom. The number of rotatable bonds is 9. The normalized spacial score (nSPS) is 13.1. The third kappa shape index (κ3) is 4.15. The van der Waals surface area contributed by atoms with Gasteiger partial charge in [0.2, 0.25) is 5.75 Å². The Hall–Kier alpha value is -3.27. The van der Waals surface area contributed by atoms with Crippen LogP contribution in [0.25, 0.3) is 10.7 Å². The Kier molecular flexibility index (Phi) is 5.99. The number of thiophene rings is 1. The molecule has 0 atom stereocenters. The van der Waals surface area contributed by atoms with E-state index in [0.717, 1.165) is 17.7 Å². The van der Waals surface area contributed by atoms with Gasteiger partial charge in [0.15, 0.2) is 17.3 Å². The van der Waals surface area contributed by atoms with Gasteiger partial charge >= 0.3 is 5.69 Å². The van der Waals surface area contributed by atoms with Crippen LogP contribution in [0.15, 0.2) is 34.4 Å². The molecule has 31 heavy (non-hydrogen) atoms. The van der Waals surface area contributed by atoms with E-state index in [1.807, 2.05) is 17.5 Å². The molecule has 0 bridgehead atoms. The fourth-order valence-electron chi connectivity index (χ4n) is 3.39. The van der Waals surface area contributed by atoms with Gasteiger partial charge in [0.25, 0.3) is 5.91 Å². The lowest BCUT2D eigenvalue weighted by molar-refractivity contribution is 0.0951. The van der Waals surface area contributed by atoms with Gasteiger partial charge in [-0.2, -0.15) is 0 Å². The van der Waals surface area contributed by atoms with Gasteiger partial charge in [-0.1, -0.05) is 6.07 Å². The Balaban J connectivity index is 1.48. The average molecular weight is 445 g/mol. The maximum atomic E-state index is 12.9. The van der Waals surface area contributed by atoms with Gasteiger partial charge < -0.3 is 19.5 Å². The first-order chi connectivity index (χ1) is 15.1. The third-order valence-electron chi connectivity index (χ3n) is 5.06. The van der Waals surface area contributed by atoms with Gasteiger partial charge in [-0.3, -0.25) is 9.36 Å². The van der Waals surface area contributed by atoms with E-state index in [1.165, 1.54) is 26.0 Å². The summed E-state index contributed by atoms with van der Waals surface area (Å²) in [5.74, 6) is 1.59. The van der Waals surface area contributed by atoms with Crippen molar-refractivity contribution in [1.29, 1.82) is 0 Å². The summed E-state index contributed by atoms with van der Waals surface area (Å²) >= 11 is 1.55. The molecule has 1 N–H and O–H groups in total. The second kappa shape index (κ2) is 8.84. The van der Waals surface area contributed by atoms with Crippen molar-refractivity contribution < 1.29 is 19.0 Å². The van der Waals surface area contributed by atoms with E-state index >= 15 is 0 Å². The molecule has 3 aromatic rings. The number of hydrogen-bond acceptors (Lipinski definition) is 7. The summed E-state index contributed by atoms with van der Waals surface area (Å²) in [4.78, 5) is 26.5. The molecule has 1 aliphatic carbocycles. The van der Waals surface area contributed by atoms with Crippen LogP contribution in [0.4, 0.5) is 0 Å².